The van der Waals surface area contributed by atoms with Gasteiger partial charge < -0.3 is 11.1 Å². The summed E-state index contributed by atoms with van der Waals surface area (Å²) in [6, 6.07) is 1.84. The molecular formula is C13H16FN3O3. The van der Waals surface area contributed by atoms with E-state index in [1.165, 1.54) is 0 Å². The van der Waals surface area contributed by atoms with Crippen LogP contribution in [0, 0.1) is 27.8 Å². The van der Waals surface area contributed by atoms with Gasteiger partial charge in [-0.05, 0) is 30.7 Å². The van der Waals surface area contributed by atoms with Crippen LogP contribution in [0.3, 0.4) is 0 Å². The Morgan fingerprint density at radius 2 is 2.25 bits per heavy atom. The Morgan fingerprint density at radius 3 is 2.80 bits per heavy atom. The Hall–Kier alpha value is -2.18. The van der Waals surface area contributed by atoms with Crippen molar-refractivity contribution in [2.75, 3.05) is 12.3 Å². The summed E-state index contributed by atoms with van der Waals surface area (Å²) in [4.78, 5) is 22.0. The van der Waals surface area contributed by atoms with Crippen molar-refractivity contribution < 1.29 is 14.1 Å². The van der Waals surface area contributed by atoms with Gasteiger partial charge >= 0.3 is 0 Å². The first kappa shape index (κ1) is 14.2. The van der Waals surface area contributed by atoms with Crippen LogP contribution in [0.15, 0.2) is 12.1 Å². The molecule has 1 amide bonds. The smallest absolute Gasteiger partial charge is 0.293 e. The van der Waals surface area contributed by atoms with E-state index >= 15 is 0 Å². The Labute approximate surface area is 115 Å². The highest BCUT2D eigenvalue weighted by atomic mass is 19.1. The van der Waals surface area contributed by atoms with E-state index in [4.69, 9.17) is 5.73 Å². The first-order valence-corrected chi connectivity index (χ1v) is 6.42. The number of hydrogen-bond acceptors (Lipinski definition) is 4. The van der Waals surface area contributed by atoms with Crippen LogP contribution in [-0.2, 0) is 0 Å². The minimum Gasteiger partial charge on any atom is -0.392 e. The Kier molecular flexibility index (Phi) is 3.87. The predicted molar refractivity (Wildman–Crippen MR) is 71.7 cm³/mol. The van der Waals surface area contributed by atoms with Crippen molar-refractivity contribution in [1.82, 2.24) is 5.32 Å². The summed E-state index contributed by atoms with van der Waals surface area (Å²) in [5, 5.41) is 13.3. The lowest BCUT2D eigenvalue weighted by molar-refractivity contribution is -0.384. The summed E-state index contributed by atoms with van der Waals surface area (Å²) in [6.45, 7) is 2.41. The average molecular weight is 281 g/mol. The third-order valence-electron chi connectivity index (χ3n) is 3.61. The van der Waals surface area contributed by atoms with Gasteiger partial charge in [-0.3, -0.25) is 14.9 Å². The minimum atomic E-state index is -0.857. The molecule has 0 radical (unpaired) electrons. The second kappa shape index (κ2) is 5.44. The number of nitrogens with one attached hydrogen (secondary N) is 1. The zero-order chi connectivity index (χ0) is 14.9. The van der Waals surface area contributed by atoms with Gasteiger partial charge in [-0.1, -0.05) is 6.92 Å². The molecule has 1 saturated carbocycles. The van der Waals surface area contributed by atoms with Crippen LogP contribution >= 0.6 is 0 Å². The van der Waals surface area contributed by atoms with Gasteiger partial charge in [0.1, 0.15) is 17.1 Å². The maximum absolute atomic E-state index is 13.7. The van der Waals surface area contributed by atoms with Gasteiger partial charge in [0.05, 0.1) is 4.92 Å². The zero-order valence-corrected chi connectivity index (χ0v) is 11.1. The number of nitrogens with zero attached hydrogens (tertiary/aromatic N) is 1. The topological polar surface area (TPSA) is 98.3 Å². The molecule has 7 heteroatoms. The molecule has 0 aliphatic heterocycles. The highest BCUT2D eigenvalue weighted by molar-refractivity contribution is 6.01. The van der Waals surface area contributed by atoms with Crippen molar-refractivity contribution in [3.8, 4) is 0 Å². The predicted octanol–water partition coefficient (Wildman–Crippen LogP) is 2.09. The summed E-state index contributed by atoms with van der Waals surface area (Å²) in [7, 11) is 0. The minimum absolute atomic E-state index is 0.307. The largest absolute Gasteiger partial charge is 0.392 e. The van der Waals surface area contributed by atoms with E-state index in [9.17, 15) is 19.3 Å². The summed E-state index contributed by atoms with van der Waals surface area (Å²) in [5.41, 5.74) is 4.16. The number of carbonyl (C=O) groups is 1. The fourth-order valence-corrected chi connectivity index (χ4v) is 2.15. The average Bonchev–Trinajstić information content (AvgIpc) is 3.19. The highest BCUT2D eigenvalue weighted by Crippen LogP contribution is 2.36. The van der Waals surface area contributed by atoms with Crippen LogP contribution in [0.4, 0.5) is 15.8 Å². The van der Waals surface area contributed by atoms with E-state index < -0.39 is 33.6 Å². The lowest BCUT2D eigenvalue weighted by atomic mass is 10.1. The molecule has 1 aromatic carbocycles. The van der Waals surface area contributed by atoms with E-state index in [0.717, 1.165) is 25.0 Å². The normalized spacial score (nSPS) is 15.7. The van der Waals surface area contributed by atoms with Crippen molar-refractivity contribution in [2.45, 2.75) is 19.8 Å². The third-order valence-corrected chi connectivity index (χ3v) is 3.61. The zero-order valence-electron chi connectivity index (χ0n) is 11.1. The van der Waals surface area contributed by atoms with E-state index in [1.807, 2.05) is 6.92 Å². The highest BCUT2D eigenvalue weighted by Gasteiger charge is 2.29. The van der Waals surface area contributed by atoms with Crippen molar-refractivity contribution in [1.29, 1.82) is 0 Å². The molecule has 1 unspecified atom stereocenters. The van der Waals surface area contributed by atoms with Gasteiger partial charge in [0.15, 0.2) is 0 Å². The third kappa shape index (κ3) is 2.87. The lowest BCUT2D eigenvalue weighted by Gasteiger charge is -2.12. The second-order valence-corrected chi connectivity index (χ2v) is 5.14. The fourth-order valence-electron chi connectivity index (χ4n) is 2.15. The Morgan fingerprint density at radius 1 is 1.60 bits per heavy atom. The molecule has 1 aliphatic rings. The van der Waals surface area contributed by atoms with Crippen molar-refractivity contribution in [3.05, 3.63) is 33.6 Å². The molecule has 1 aromatic rings. The quantitative estimate of drug-likeness (QED) is 0.490. The molecule has 108 valence electrons. The number of nitrogens with two attached hydrogens (primary N) is 1. The van der Waals surface area contributed by atoms with Crippen molar-refractivity contribution in [3.63, 3.8) is 0 Å². The molecule has 3 N–H and O–H groups in total. The standard InChI is InChI=1S/C13H16FN3O3/c1-7(8-2-3-8)6-16-13(18)11-9(14)4-5-10(12(11)15)17(19)20/h4-5,7-8H,2-3,6,15H2,1H3,(H,16,18). The number of benzene rings is 1. The Bertz CT molecular complexity index is 558. The van der Waals surface area contributed by atoms with Crippen LogP contribution in [0.1, 0.15) is 30.1 Å². The van der Waals surface area contributed by atoms with Gasteiger partial charge in [0.2, 0.25) is 0 Å². The number of carbonyl (C=O) groups excluding carboxylic acids is 1. The van der Waals surface area contributed by atoms with Gasteiger partial charge in [-0.25, -0.2) is 4.39 Å². The van der Waals surface area contributed by atoms with E-state index in [-0.39, 0.29) is 0 Å². The molecule has 0 bridgehead atoms. The number of nitro benzene ring substituents is 1. The molecule has 0 heterocycles. The van der Waals surface area contributed by atoms with Crippen LogP contribution in [0.5, 0.6) is 0 Å². The molecule has 0 aromatic heterocycles. The van der Waals surface area contributed by atoms with Gasteiger partial charge in [0.25, 0.3) is 11.6 Å². The molecule has 6 nitrogen and oxygen atoms in total. The van der Waals surface area contributed by atoms with Crippen molar-refractivity contribution in [2.24, 2.45) is 11.8 Å². The molecule has 1 aliphatic carbocycles. The Balaban J connectivity index is 2.15. The number of nitrogen functional groups attached to an aromatic ring is 1. The molecule has 20 heavy (non-hydrogen) atoms. The molecule has 0 saturated heterocycles. The van der Waals surface area contributed by atoms with Crippen molar-refractivity contribution >= 4 is 17.3 Å². The van der Waals surface area contributed by atoms with E-state index in [2.05, 4.69) is 5.32 Å². The number of rotatable bonds is 5. The molecular weight excluding hydrogens is 265 g/mol. The van der Waals surface area contributed by atoms with Gasteiger partial charge in [-0.2, -0.15) is 0 Å². The van der Waals surface area contributed by atoms with Crippen LogP contribution in [0.2, 0.25) is 0 Å². The first-order valence-electron chi connectivity index (χ1n) is 6.42. The van der Waals surface area contributed by atoms with E-state index in [1.54, 1.807) is 0 Å². The molecule has 2 rings (SSSR count). The molecule has 1 atom stereocenters. The maximum Gasteiger partial charge on any atom is 0.293 e. The molecule has 0 spiro atoms. The summed E-state index contributed by atoms with van der Waals surface area (Å²) in [5.74, 6) is -0.662. The SMILES string of the molecule is CC(CNC(=O)c1c(F)ccc([N+](=O)[O-])c1N)C1CC1. The fraction of sp³-hybridized carbons (Fsp3) is 0.462. The van der Waals surface area contributed by atoms with E-state index in [0.29, 0.717) is 18.4 Å². The summed E-state index contributed by atoms with van der Waals surface area (Å²) >= 11 is 0. The number of nitro groups is 1. The number of halogens is 1. The number of hydrogen-bond donors (Lipinski definition) is 2. The van der Waals surface area contributed by atoms with Crippen LogP contribution in [0.25, 0.3) is 0 Å². The summed E-state index contributed by atoms with van der Waals surface area (Å²) < 4.78 is 13.7. The number of amides is 1. The monoisotopic (exact) mass is 281 g/mol. The maximum atomic E-state index is 13.7. The number of anilines is 1. The van der Waals surface area contributed by atoms with Gasteiger partial charge in [0, 0.05) is 12.6 Å². The van der Waals surface area contributed by atoms with Crippen LogP contribution in [-0.4, -0.2) is 17.4 Å². The van der Waals surface area contributed by atoms with Gasteiger partial charge in [-0.15, -0.1) is 0 Å². The lowest BCUT2D eigenvalue weighted by Crippen LogP contribution is -2.30. The summed E-state index contributed by atoms with van der Waals surface area (Å²) in [6.07, 6.45) is 2.29. The molecule has 1 fully saturated rings. The second-order valence-electron chi connectivity index (χ2n) is 5.14. The first-order chi connectivity index (χ1) is 9.41. The van der Waals surface area contributed by atoms with Crippen LogP contribution < -0.4 is 11.1 Å².